The second-order valence-electron chi connectivity index (χ2n) is 4.78. The van der Waals surface area contributed by atoms with Crippen LogP contribution in [-0.4, -0.2) is 34.6 Å². The summed E-state index contributed by atoms with van der Waals surface area (Å²) in [5, 5.41) is 9.56. The number of likely N-dealkylation sites (tertiary alicyclic amines) is 1. The maximum Gasteiger partial charge on any atom is 0.251 e. The van der Waals surface area contributed by atoms with Crippen molar-refractivity contribution in [2.24, 2.45) is 5.92 Å². The lowest BCUT2D eigenvalue weighted by Gasteiger charge is -2.38. The molecule has 0 aromatic carbocycles. The molecule has 0 spiro atoms. The van der Waals surface area contributed by atoms with Crippen molar-refractivity contribution in [2.75, 3.05) is 6.54 Å². The zero-order valence-electron chi connectivity index (χ0n) is 9.97. The molecule has 1 aliphatic carbocycles. The van der Waals surface area contributed by atoms with Crippen molar-refractivity contribution in [3.8, 4) is 0 Å². The Morgan fingerprint density at radius 1 is 1.59 bits per heavy atom. The highest BCUT2D eigenvalue weighted by molar-refractivity contribution is 5.81. The fraction of sp³-hybridized carbons (Fsp3) is 0.615. The third kappa shape index (κ3) is 2.57. The Morgan fingerprint density at radius 3 is 3.00 bits per heavy atom. The lowest BCUT2D eigenvalue weighted by molar-refractivity contribution is -0.146. The first-order chi connectivity index (χ1) is 8.09. The molecule has 1 amide bonds. The van der Waals surface area contributed by atoms with Gasteiger partial charge in [-0.2, -0.15) is 0 Å². The highest BCUT2D eigenvalue weighted by Crippen LogP contribution is 2.26. The van der Waals surface area contributed by atoms with Crippen molar-refractivity contribution in [2.45, 2.75) is 38.3 Å². The van der Waals surface area contributed by atoms with Gasteiger partial charge in [0.2, 0.25) is 0 Å². The Labute approximate surface area is 101 Å². The van der Waals surface area contributed by atoms with E-state index in [0.29, 0.717) is 19.4 Å². The van der Waals surface area contributed by atoms with E-state index >= 15 is 0 Å². The van der Waals surface area contributed by atoms with Gasteiger partial charge in [-0.05, 0) is 38.3 Å². The number of carbonyl (C=O) groups is 1. The Bertz CT molecular complexity index is 364. The van der Waals surface area contributed by atoms with Crippen LogP contribution < -0.4 is 0 Å². The zero-order valence-corrected chi connectivity index (χ0v) is 9.97. The third-order valence-electron chi connectivity index (χ3n) is 3.64. The van der Waals surface area contributed by atoms with Gasteiger partial charge in [-0.25, -0.2) is 4.39 Å². The lowest BCUT2D eigenvalue weighted by Crippen LogP contribution is -2.50. The number of halogens is 1. The van der Waals surface area contributed by atoms with Crippen LogP contribution in [-0.2, 0) is 4.79 Å². The number of piperidine rings is 1. The van der Waals surface area contributed by atoms with Crippen LogP contribution in [0.4, 0.5) is 4.39 Å². The van der Waals surface area contributed by atoms with Gasteiger partial charge in [0.1, 0.15) is 11.9 Å². The Kier molecular flexibility index (Phi) is 3.62. The molecule has 4 heteroatoms. The van der Waals surface area contributed by atoms with Crippen molar-refractivity contribution in [1.82, 2.24) is 4.90 Å². The van der Waals surface area contributed by atoms with E-state index in [1.165, 1.54) is 6.08 Å². The van der Waals surface area contributed by atoms with E-state index in [9.17, 15) is 14.3 Å². The van der Waals surface area contributed by atoms with E-state index < -0.39 is 6.10 Å². The van der Waals surface area contributed by atoms with Gasteiger partial charge in [0, 0.05) is 18.5 Å². The number of carbonyl (C=O) groups excluding carboxylic acids is 1. The molecule has 3 atom stereocenters. The van der Waals surface area contributed by atoms with Gasteiger partial charge in [-0.1, -0.05) is 6.08 Å². The molecule has 1 saturated heterocycles. The molecule has 3 nitrogen and oxygen atoms in total. The number of amides is 1. The largest absolute Gasteiger partial charge is 0.383 e. The molecule has 1 fully saturated rings. The molecule has 0 saturated carbocycles. The van der Waals surface area contributed by atoms with E-state index in [1.807, 2.05) is 13.0 Å². The van der Waals surface area contributed by atoms with Gasteiger partial charge < -0.3 is 10.0 Å². The number of allylic oxidation sites excluding steroid dienone is 3. The lowest BCUT2D eigenvalue weighted by atomic mass is 9.91. The molecular formula is C13H18FNO2. The van der Waals surface area contributed by atoms with Gasteiger partial charge in [0.05, 0.1) is 0 Å². The van der Waals surface area contributed by atoms with E-state index in [1.54, 1.807) is 11.0 Å². The zero-order chi connectivity index (χ0) is 12.4. The van der Waals surface area contributed by atoms with E-state index in [-0.39, 0.29) is 23.7 Å². The number of hydrogen-bond acceptors (Lipinski definition) is 2. The Morgan fingerprint density at radius 2 is 2.35 bits per heavy atom. The number of hydrogen-bond donors (Lipinski definition) is 1. The highest BCUT2D eigenvalue weighted by atomic mass is 19.1. The average molecular weight is 239 g/mol. The van der Waals surface area contributed by atoms with Crippen molar-refractivity contribution in [3.63, 3.8) is 0 Å². The quantitative estimate of drug-likeness (QED) is 0.798. The van der Waals surface area contributed by atoms with Crippen LogP contribution in [0.2, 0.25) is 0 Å². The van der Waals surface area contributed by atoms with E-state index in [4.69, 9.17) is 0 Å². The van der Waals surface area contributed by atoms with Crippen LogP contribution in [0.5, 0.6) is 0 Å². The highest BCUT2D eigenvalue weighted by Gasteiger charge is 2.32. The van der Waals surface area contributed by atoms with Gasteiger partial charge in [0.15, 0.2) is 0 Å². The molecule has 2 aliphatic rings. The fourth-order valence-corrected chi connectivity index (χ4v) is 2.48. The Hall–Kier alpha value is -1.16. The SMILES string of the molecule is CC(C1C=CC(F)=CC1)N1CCCC(O)C1=O. The van der Waals surface area contributed by atoms with Crippen LogP contribution >= 0.6 is 0 Å². The second kappa shape index (κ2) is 5.00. The summed E-state index contributed by atoms with van der Waals surface area (Å²) in [6, 6.07) is 0.0121. The molecule has 0 radical (unpaired) electrons. The molecule has 1 N–H and O–H groups in total. The molecule has 17 heavy (non-hydrogen) atoms. The second-order valence-corrected chi connectivity index (χ2v) is 4.78. The minimum atomic E-state index is -0.856. The summed E-state index contributed by atoms with van der Waals surface area (Å²) >= 11 is 0. The summed E-state index contributed by atoms with van der Waals surface area (Å²) in [7, 11) is 0. The third-order valence-corrected chi connectivity index (χ3v) is 3.64. The average Bonchev–Trinajstić information content (AvgIpc) is 2.33. The molecule has 0 aromatic rings. The molecule has 0 bridgehead atoms. The van der Waals surface area contributed by atoms with Crippen LogP contribution in [0.25, 0.3) is 0 Å². The van der Waals surface area contributed by atoms with Crippen molar-refractivity contribution >= 4 is 5.91 Å². The van der Waals surface area contributed by atoms with Crippen LogP contribution in [0.3, 0.4) is 0 Å². The maximum absolute atomic E-state index is 12.9. The normalized spacial score (nSPS) is 31.4. The fourth-order valence-electron chi connectivity index (χ4n) is 2.48. The van der Waals surface area contributed by atoms with E-state index in [2.05, 4.69) is 0 Å². The number of rotatable bonds is 2. The molecule has 2 rings (SSSR count). The molecule has 3 unspecified atom stereocenters. The number of nitrogens with zero attached hydrogens (tertiary/aromatic N) is 1. The number of aliphatic hydroxyl groups excluding tert-OH is 1. The van der Waals surface area contributed by atoms with Gasteiger partial charge in [-0.15, -0.1) is 0 Å². The predicted molar refractivity (Wildman–Crippen MR) is 62.9 cm³/mol. The monoisotopic (exact) mass is 239 g/mol. The topological polar surface area (TPSA) is 40.5 Å². The van der Waals surface area contributed by atoms with E-state index in [0.717, 1.165) is 6.42 Å². The summed E-state index contributed by atoms with van der Waals surface area (Å²) in [6.45, 7) is 2.65. The van der Waals surface area contributed by atoms with Gasteiger partial charge >= 0.3 is 0 Å². The minimum Gasteiger partial charge on any atom is -0.383 e. The standard InChI is InChI=1S/C13H18FNO2/c1-9(10-4-6-11(14)7-5-10)15-8-2-3-12(16)13(15)17/h4,6-7,9-10,12,16H,2-3,5,8H2,1H3. The van der Waals surface area contributed by atoms with Crippen LogP contribution in [0.1, 0.15) is 26.2 Å². The minimum absolute atomic E-state index is 0.0121. The molecule has 94 valence electrons. The summed E-state index contributed by atoms with van der Waals surface area (Å²) in [4.78, 5) is 13.6. The van der Waals surface area contributed by atoms with Gasteiger partial charge in [-0.3, -0.25) is 4.79 Å². The summed E-state index contributed by atoms with van der Waals surface area (Å²) in [5.74, 6) is -0.255. The Balaban J connectivity index is 2.02. The first-order valence-corrected chi connectivity index (χ1v) is 6.12. The smallest absolute Gasteiger partial charge is 0.251 e. The van der Waals surface area contributed by atoms with Crippen molar-refractivity contribution < 1.29 is 14.3 Å². The maximum atomic E-state index is 12.9. The summed E-state index contributed by atoms with van der Waals surface area (Å²) in [6.07, 6.45) is 5.96. The molecular weight excluding hydrogens is 221 g/mol. The summed E-state index contributed by atoms with van der Waals surface area (Å²) in [5.41, 5.74) is 0. The summed E-state index contributed by atoms with van der Waals surface area (Å²) < 4.78 is 12.9. The van der Waals surface area contributed by atoms with Gasteiger partial charge in [0.25, 0.3) is 5.91 Å². The van der Waals surface area contributed by atoms with Crippen molar-refractivity contribution in [3.05, 3.63) is 24.1 Å². The van der Waals surface area contributed by atoms with Crippen molar-refractivity contribution in [1.29, 1.82) is 0 Å². The van der Waals surface area contributed by atoms with Crippen LogP contribution in [0, 0.1) is 5.92 Å². The predicted octanol–water partition coefficient (Wildman–Crippen LogP) is 1.79. The van der Waals surface area contributed by atoms with Crippen LogP contribution in [0.15, 0.2) is 24.1 Å². The molecule has 0 aromatic heterocycles. The first kappa shape index (κ1) is 12.3. The molecule has 1 heterocycles. The number of aliphatic hydroxyl groups is 1. The first-order valence-electron chi connectivity index (χ1n) is 6.12. The molecule has 1 aliphatic heterocycles.